The minimum Gasteiger partial charge on any atom is -0.465 e. The Morgan fingerprint density at radius 1 is 1.45 bits per heavy atom. The fraction of sp³-hybridized carbons (Fsp3) is 0.429. The molecule has 3 aromatic heterocycles. The quantitative estimate of drug-likeness (QED) is 0.685. The molecular weight excluding hydrogens is 304 g/mol. The van der Waals surface area contributed by atoms with E-state index in [1.807, 2.05) is 13.8 Å². The third-order valence-electron chi connectivity index (χ3n) is 3.30. The summed E-state index contributed by atoms with van der Waals surface area (Å²) in [5, 5.41) is 4.36. The van der Waals surface area contributed by atoms with Crippen molar-refractivity contribution < 1.29 is 9.53 Å². The monoisotopic (exact) mass is 320 g/mol. The molecule has 0 aliphatic heterocycles. The summed E-state index contributed by atoms with van der Waals surface area (Å²) in [7, 11) is 0. The number of rotatable bonds is 4. The zero-order chi connectivity index (χ0) is 15.9. The molecule has 0 N–H and O–H groups in total. The van der Waals surface area contributed by atoms with Crippen molar-refractivity contribution in [1.29, 1.82) is 0 Å². The lowest BCUT2D eigenvalue weighted by Gasteiger charge is -2.12. The zero-order valence-electron chi connectivity index (χ0n) is 12.6. The van der Waals surface area contributed by atoms with E-state index in [0.29, 0.717) is 11.3 Å². The van der Waals surface area contributed by atoms with E-state index in [9.17, 15) is 9.59 Å². The van der Waals surface area contributed by atoms with Crippen molar-refractivity contribution in [2.24, 2.45) is 0 Å². The van der Waals surface area contributed by atoms with Crippen molar-refractivity contribution in [3.8, 4) is 0 Å². The molecule has 0 unspecified atom stereocenters. The van der Waals surface area contributed by atoms with Crippen molar-refractivity contribution in [3.63, 3.8) is 0 Å². The summed E-state index contributed by atoms with van der Waals surface area (Å²) in [5.74, 6) is 0.302. The highest BCUT2D eigenvalue weighted by molar-refractivity contribution is 7.16. The van der Waals surface area contributed by atoms with E-state index >= 15 is 0 Å². The van der Waals surface area contributed by atoms with Gasteiger partial charge in [-0.3, -0.25) is 14.0 Å². The highest BCUT2D eigenvalue weighted by atomic mass is 32.1. The Labute approximate surface area is 130 Å². The van der Waals surface area contributed by atoms with Gasteiger partial charge in [0, 0.05) is 5.92 Å². The summed E-state index contributed by atoms with van der Waals surface area (Å²) >= 11 is 1.47. The number of carbonyl (C=O) groups excluding carboxylic acids is 1. The number of fused-ring (bicyclic) bond motifs is 3. The first-order valence-electron chi connectivity index (χ1n) is 7.04. The number of thiazole rings is 1. The van der Waals surface area contributed by atoms with Gasteiger partial charge >= 0.3 is 5.97 Å². The van der Waals surface area contributed by atoms with Gasteiger partial charge in [-0.1, -0.05) is 13.8 Å². The third kappa shape index (κ3) is 2.29. The minimum absolute atomic E-state index is 0.0776. The van der Waals surface area contributed by atoms with Gasteiger partial charge in [0.25, 0.3) is 5.56 Å². The van der Waals surface area contributed by atoms with Gasteiger partial charge in [0.05, 0.1) is 16.8 Å². The first-order chi connectivity index (χ1) is 10.5. The highest BCUT2D eigenvalue weighted by Gasteiger charge is 2.19. The first kappa shape index (κ1) is 14.7. The van der Waals surface area contributed by atoms with Crippen LogP contribution in [-0.2, 0) is 16.1 Å². The molecule has 0 aromatic carbocycles. The second kappa shape index (κ2) is 5.53. The molecule has 3 aromatic rings. The van der Waals surface area contributed by atoms with Crippen LogP contribution in [0.4, 0.5) is 0 Å². The van der Waals surface area contributed by atoms with E-state index in [4.69, 9.17) is 4.74 Å². The summed E-state index contributed by atoms with van der Waals surface area (Å²) < 4.78 is 8.78. The van der Waals surface area contributed by atoms with Gasteiger partial charge in [-0.25, -0.2) is 9.67 Å². The number of hydrogen-bond acceptors (Lipinski definition) is 6. The summed E-state index contributed by atoms with van der Waals surface area (Å²) in [6.07, 6.45) is 0. The Balaban J connectivity index is 2.25. The third-order valence-corrected chi connectivity index (χ3v) is 4.07. The molecule has 0 amide bonds. The second-order valence-corrected chi connectivity index (χ2v) is 6.07. The van der Waals surface area contributed by atoms with Crippen LogP contribution < -0.4 is 5.56 Å². The van der Waals surface area contributed by atoms with Crippen molar-refractivity contribution in [2.45, 2.75) is 33.2 Å². The van der Waals surface area contributed by atoms with Crippen LogP contribution in [0, 0.1) is 0 Å². The average Bonchev–Trinajstić information content (AvgIpc) is 3.03. The van der Waals surface area contributed by atoms with Crippen molar-refractivity contribution in [1.82, 2.24) is 19.2 Å². The predicted octanol–water partition coefficient (Wildman–Crippen LogP) is 1.79. The fourth-order valence-electron chi connectivity index (χ4n) is 2.36. The van der Waals surface area contributed by atoms with Crippen molar-refractivity contribution in [2.75, 3.05) is 6.61 Å². The molecule has 0 spiro atoms. The van der Waals surface area contributed by atoms with Gasteiger partial charge in [0.15, 0.2) is 5.65 Å². The predicted molar refractivity (Wildman–Crippen MR) is 83.4 cm³/mol. The Hall–Kier alpha value is -2.22. The molecule has 0 aliphatic rings. The number of nitrogens with zero attached hydrogens (tertiary/aromatic N) is 4. The Bertz CT molecular complexity index is 906. The molecule has 3 rings (SSSR count). The number of aromatic nitrogens is 4. The maximum Gasteiger partial charge on any atom is 0.327 e. The number of esters is 1. The molecule has 7 nitrogen and oxygen atoms in total. The molecule has 22 heavy (non-hydrogen) atoms. The van der Waals surface area contributed by atoms with Crippen LogP contribution in [0.3, 0.4) is 0 Å². The lowest BCUT2D eigenvalue weighted by Crippen LogP contribution is -2.31. The highest BCUT2D eigenvalue weighted by Crippen LogP contribution is 2.24. The molecule has 0 atom stereocenters. The minimum atomic E-state index is -0.470. The van der Waals surface area contributed by atoms with Gasteiger partial charge < -0.3 is 4.74 Å². The number of carbonyl (C=O) groups is 1. The lowest BCUT2D eigenvalue weighted by molar-refractivity contribution is -0.144. The van der Waals surface area contributed by atoms with Gasteiger partial charge in [0.1, 0.15) is 17.9 Å². The van der Waals surface area contributed by atoms with Crippen LogP contribution in [0.5, 0.6) is 0 Å². The Morgan fingerprint density at radius 3 is 2.91 bits per heavy atom. The Kier molecular flexibility index (Phi) is 3.69. The van der Waals surface area contributed by atoms with Gasteiger partial charge in [-0.05, 0) is 13.0 Å². The summed E-state index contributed by atoms with van der Waals surface area (Å²) in [6.45, 7) is 5.79. The zero-order valence-corrected chi connectivity index (χ0v) is 13.4. The van der Waals surface area contributed by atoms with E-state index < -0.39 is 5.97 Å². The van der Waals surface area contributed by atoms with E-state index in [0.717, 1.165) is 10.3 Å². The summed E-state index contributed by atoms with van der Waals surface area (Å²) in [4.78, 5) is 28.5. The van der Waals surface area contributed by atoms with Crippen LogP contribution in [0.25, 0.3) is 15.9 Å². The first-order valence-corrected chi connectivity index (χ1v) is 7.92. The molecule has 0 bridgehead atoms. The fourth-order valence-corrected chi connectivity index (χ4v) is 3.06. The van der Waals surface area contributed by atoms with E-state index in [1.165, 1.54) is 16.0 Å². The van der Waals surface area contributed by atoms with Crippen LogP contribution in [0.2, 0.25) is 0 Å². The summed E-state index contributed by atoms with van der Waals surface area (Å²) in [5.41, 5.74) is 2.64. The molecule has 0 radical (unpaired) electrons. The smallest absolute Gasteiger partial charge is 0.327 e. The molecule has 116 valence electrons. The van der Waals surface area contributed by atoms with Crippen LogP contribution in [-0.4, -0.2) is 31.7 Å². The SMILES string of the molecule is CCOC(=O)Cn1nc(C(C)C)n2c(cc3scnc32)c1=O. The van der Waals surface area contributed by atoms with E-state index in [2.05, 4.69) is 10.1 Å². The van der Waals surface area contributed by atoms with Crippen molar-refractivity contribution >= 4 is 33.2 Å². The van der Waals surface area contributed by atoms with Gasteiger partial charge in [-0.15, -0.1) is 11.3 Å². The number of hydrogen-bond donors (Lipinski definition) is 0. The van der Waals surface area contributed by atoms with Gasteiger partial charge in [0.2, 0.25) is 0 Å². The largest absolute Gasteiger partial charge is 0.465 e. The van der Waals surface area contributed by atoms with Crippen LogP contribution >= 0.6 is 11.3 Å². The molecule has 3 heterocycles. The molecule has 0 saturated heterocycles. The maximum absolute atomic E-state index is 12.6. The molecule has 8 heteroatoms. The Morgan fingerprint density at radius 2 is 2.23 bits per heavy atom. The molecule has 0 fully saturated rings. The maximum atomic E-state index is 12.6. The average molecular weight is 320 g/mol. The second-order valence-electron chi connectivity index (χ2n) is 5.19. The van der Waals surface area contributed by atoms with Crippen molar-refractivity contribution in [3.05, 3.63) is 27.8 Å². The normalized spacial score (nSPS) is 11.6. The van der Waals surface area contributed by atoms with E-state index in [1.54, 1.807) is 22.9 Å². The lowest BCUT2D eigenvalue weighted by atomic mass is 10.2. The van der Waals surface area contributed by atoms with Crippen LogP contribution in [0.1, 0.15) is 32.5 Å². The summed E-state index contributed by atoms with van der Waals surface area (Å²) in [6, 6.07) is 1.80. The molecule has 0 aliphatic carbocycles. The molecule has 0 saturated carbocycles. The topological polar surface area (TPSA) is 78.5 Å². The molecular formula is C14H16N4O3S. The number of ether oxygens (including phenoxy) is 1. The van der Waals surface area contributed by atoms with E-state index in [-0.39, 0.29) is 24.6 Å². The van der Waals surface area contributed by atoms with Crippen LogP contribution in [0.15, 0.2) is 16.4 Å². The van der Waals surface area contributed by atoms with Gasteiger partial charge in [-0.2, -0.15) is 5.10 Å². The standard InChI is InChI=1S/C14H16N4O3S/c1-4-21-11(19)6-17-14(20)9-5-10-13(15-7-22-10)18(9)12(16-17)8(2)3/h5,7-8H,4,6H2,1-3H3.